The maximum atomic E-state index is 11.6. The Bertz CT molecular complexity index is 1020. The van der Waals surface area contributed by atoms with E-state index in [1.165, 1.54) is 5.56 Å². The SMILES string of the molecule is CC(C)c1ccc(O)c(-c2onc(C=O)c2-c2ccc(CN3CCOCC3)cc2)c1. The molecule has 0 atom stereocenters. The Morgan fingerprint density at radius 1 is 1.13 bits per heavy atom. The number of benzene rings is 2. The summed E-state index contributed by atoms with van der Waals surface area (Å²) < 4.78 is 10.9. The molecule has 1 N–H and O–H groups in total. The molecule has 0 bridgehead atoms. The molecule has 2 aromatic carbocycles. The fourth-order valence-corrected chi connectivity index (χ4v) is 3.73. The second-order valence-electron chi connectivity index (χ2n) is 7.91. The number of carbonyl (C=O) groups excluding carboxylic acids is 1. The van der Waals surface area contributed by atoms with Crippen molar-refractivity contribution in [2.75, 3.05) is 26.3 Å². The van der Waals surface area contributed by atoms with Gasteiger partial charge in [0.1, 0.15) is 5.75 Å². The number of phenols is 1. The molecule has 1 aliphatic rings. The predicted octanol–water partition coefficient (Wildman–Crippen LogP) is 4.48. The molecular weight excluding hydrogens is 380 g/mol. The lowest BCUT2D eigenvalue weighted by molar-refractivity contribution is 0.0342. The number of rotatable bonds is 6. The van der Waals surface area contributed by atoms with E-state index in [1.807, 2.05) is 24.3 Å². The molecular formula is C24H26N2O4. The number of hydrogen-bond donors (Lipinski definition) is 1. The van der Waals surface area contributed by atoms with Gasteiger partial charge in [0, 0.05) is 19.6 Å². The van der Waals surface area contributed by atoms with Crippen molar-refractivity contribution in [3.8, 4) is 28.2 Å². The highest BCUT2D eigenvalue weighted by Gasteiger charge is 2.22. The van der Waals surface area contributed by atoms with E-state index in [2.05, 4.69) is 36.0 Å². The molecule has 0 radical (unpaired) electrons. The molecule has 0 saturated carbocycles. The van der Waals surface area contributed by atoms with Crippen molar-refractivity contribution in [2.24, 2.45) is 0 Å². The van der Waals surface area contributed by atoms with Gasteiger partial charge in [-0.15, -0.1) is 0 Å². The summed E-state index contributed by atoms with van der Waals surface area (Å²) in [6.45, 7) is 8.42. The predicted molar refractivity (Wildman–Crippen MR) is 115 cm³/mol. The van der Waals surface area contributed by atoms with Crippen LogP contribution in [-0.2, 0) is 11.3 Å². The van der Waals surface area contributed by atoms with Gasteiger partial charge < -0.3 is 14.4 Å². The zero-order chi connectivity index (χ0) is 21.1. The third kappa shape index (κ3) is 4.15. The van der Waals surface area contributed by atoms with Crippen molar-refractivity contribution >= 4 is 6.29 Å². The topological polar surface area (TPSA) is 75.8 Å². The molecule has 0 spiro atoms. The molecule has 1 saturated heterocycles. The van der Waals surface area contributed by atoms with Crippen LogP contribution in [0, 0.1) is 0 Å². The first-order valence-corrected chi connectivity index (χ1v) is 10.2. The summed E-state index contributed by atoms with van der Waals surface area (Å²) in [5, 5.41) is 14.4. The molecule has 6 nitrogen and oxygen atoms in total. The van der Waals surface area contributed by atoms with E-state index in [0.29, 0.717) is 29.1 Å². The molecule has 30 heavy (non-hydrogen) atoms. The highest BCUT2D eigenvalue weighted by atomic mass is 16.5. The average molecular weight is 406 g/mol. The molecule has 6 heteroatoms. The number of morpholine rings is 1. The van der Waals surface area contributed by atoms with Crippen LogP contribution in [0.2, 0.25) is 0 Å². The van der Waals surface area contributed by atoms with Crippen molar-refractivity contribution in [1.29, 1.82) is 0 Å². The molecule has 1 fully saturated rings. The number of aromatic hydroxyl groups is 1. The van der Waals surface area contributed by atoms with Crippen molar-refractivity contribution in [3.05, 3.63) is 59.3 Å². The summed E-state index contributed by atoms with van der Waals surface area (Å²) in [5.41, 5.74) is 4.44. The minimum absolute atomic E-state index is 0.0955. The zero-order valence-corrected chi connectivity index (χ0v) is 17.3. The summed E-state index contributed by atoms with van der Waals surface area (Å²) in [5.74, 6) is 0.789. The first-order valence-electron chi connectivity index (χ1n) is 10.2. The largest absolute Gasteiger partial charge is 0.507 e. The molecule has 4 rings (SSSR count). The van der Waals surface area contributed by atoms with Gasteiger partial charge >= 0.3 is 0 Å². The fourth-order valence-electron chi connectivity index (χ4n) is 3.73. The van der Waals surface area contributed by atoms with Crippen LogP contribution in [0.3, 0.4) is 0 Å². The Morgan fingerprint density at radius 2 is 1.87 bits per heavy atom. The summed E-state index contributed by atoms with van der Waals surface area (Å²) >= 11 is 0. The maximum Gasteiger partial charge on any atom is 0.179 e. The van der Waals surface area contributed by atoms with Gasteiger partial charge in [0.25, 0.3) is 0 Å². The lowest BCUT2D eigenvalue weighted by atomic mass is 9.95. The highest BCUT2D eigenvalue weighted by Crippen LogP contribution is 2.40. The number of aromatic nitrogens is 1. The van der Waals surface area contributed by atoms with Crippen LogP contribution in [0.25, 0.3) is 22.5 Å². The Kier molecular flexibility index (Phi) is 5.97. The maximum absolute atomic E-state index is 11.6. The Labute approximate surface area is 176 Å². The Hall–Kier alpha value is -2.96. The van der Waals surface area contributed by atoms with E-state index < -0.39 is 0 Å². The number of hydrogen-bond acceptors (Lipinski definition) is 6. The van der Waals surface area contributed by atoms with Crippen molar-refractivity contribution in [1.82, 2.24) is 10.1 Å². The molecule has 0 amide bonds. The molecule has 1 aromatic heterocycles. The van der Waals surface area contributed by atoms with Gasteiger partial charge in [0.05, 0.1) is 24.3 Å². The van der Waals surface area contributed by atoms with Gasteiger partial charge in [0.15, 0.2) is 17.7 Å². The van der Waals surface area contributed by atoms with Gasteiger partial charge in [-0.25, -0.2) is 0 Å². The average Bonchev–Trinajstić information content (AvgIpc) is 3.19. The van der Waals surface area contributed by atoms with Crippen LogP contribution in [0.15, 0.2) is 47.0 Å². The highest BCUT2D eigenvalue weighted by molar-refractivity contribution is 5.93. The van der Waals surface area contributed by atoms with Gasteiger partial charge in [-0.2, -0.15) is 0 Å². The number of carbonyl (C=O) groups is 1. The summed E-state index contributed by atoms with van der Waals surface area (Å²) in [6, 6.07) is 13.5. The first-order chi connectivity index (χ1) is 14.6. The third-order valence-corrected chi connectivity index (χ3v) is 5.51. The first kappa shape index (κ1) is 20.3. The van der Waals surface area contributed by atoms with E-state index in [-0.39, 0.29) is 11.4 Å². The number of ether oxygens (including phenoxy) is 1. The van der Waals surface area contributed by atoms with E-state index >= 15 is 0 Å². The van der Waals surface area contributed by atoms with Crippen LogP contribution >= 0.6 is 0 Å². The van der Waals surface area contributed by atoms with E-state index in [4.69, 9.17) is 9.26 Å². The molecule has 0 unspecified atom stereocenters. The van der Waals surface area contributed by atoms with Crippen LogP contribution in [0.5, 0.6) is 5.75 Å². The van der Waals surface area contributed by atoms with Crippen LogP contribution in [-0.4, -0.2) is 47.8 Å². The van der Waals surface area contributed by atoms with Crippen LogP contribution < -0.4 is 0 Å². The van der Waals surface area contributed by atoms with E-state index in [9.17, 15) is 9.90 Å². The lowest BCUT2D eigenvalue weighted by Gasteiger charge is -2.26. The zero-order valence-electron chi connectivity index (χ0n) is 17.3. The second-order valence-corrected chi connectivity index (χ2v) is 7.91. The Morgan fingerprint density at radius 3 is 2.53 bits per heavy atom. The van der Waals surface area contributed by atoms with Crippen molar-refractivity contribution < 1.29 is 19.2 Å². The molecule has 2 heterocycles. The Balaban J connectivity index is 1.69. The fraction of sp³-hybridized carbons (Fsp3) is 0.333. The minimum atomic E-state index is 0.0955. The summed E-state index contributed by atoms with van der Waals surface area (Å²) in [7, 11) is 0. The van der Waals surface area contributed by atoms with Crippen LogP contribution in [0.1, 0.15) is 41.4 Å². The van der Waals surface area contributed by atoms with E-state index in [0.717, 1.165) is 44.0 Å². The van der Waals surface area contributed by atoms with Gasteiger partial charge in [0.2, 0.25) is 0 Å². The number of phenolic OH excluding ortho intramolecular Hbond substituents is 1. The lowest BCUT2D eigenvalue weighted by Crippen LogP contribution is -2.35. The molecule has 3 aromatic rings. The third-order valence-electron chi connectivity index (χ3n) is 5.51. The van der Waals surface area contributed by atoms with Crippen LogP contribution in [0.4, 0.5) is 0 Å². The summed E-state index contributed by atoms with van der Waals surface area (Å²) in [4.78, 5) is 14.0. The van der Waals surface area contributed by atoms with Gasteiger partial charge in [-0.05, 0) is 34.7 Å². The van der Waals surface area contributed by atoms with Gasteiger partial charge in [-0.1, -0.05) is 49.3 Å². The van der Waals surface area contributed by atoms with Gasteiger partial charge in [-0.3, -0.25) is 9.69 Å². The molecule has 1 aliphatic heterocycles. The monoisotopic (exact) mass is 406 g/mol. The number of nitrogens with zero attached hydrogens (tertiary/aromatic N) is 2. The molecule has 156 valence electrons. The normalized spacial score (nSPS) is 14.9. The van der Waals surface area contributed by atoms with E-state index in [1.54, 1.807) is 6.07 Å². The standard InChI is InChI=1S/C24H26N2O4/c1-16(2)19-7-8-22(28)20(13-19)24-23(21(15-27)25-30-24)18-5-3-17(4-6-18)14-26-9-11-29-12-10-26/h3-8,13,15-16,28H,9-12,14H2,1-2H3. The van der Waals surface area contributed by atoms with Crippen molar-refractivity contribution in [3.63, 3.8) is 0 Å². The minimum Gasteiger partial charge on any atom is -0.507 e. The second kappa shape index (κ2) is 8.81. The quantitative estimate of drug-likeness (QED) is 0.608. The smallest absolute Gasteiger partial charge is 0.179 e. The summed E-state index contributed by atoms with van der Waals surface area (Å²) in [6.07, 6.45) is 0.688. The molecule has 0 aliphatic carbocycles. The van der Waals surface area contributed by atoms with Crippen molar-refractivity contribution in [2.45, 2.75) is 26.3 Å². The number of aldehydes is 1.